The average molecular weight is 285 g/mol. The van der Waals surface area contributed by atoms with E-state index in [2.05, 4.69) is 13.0 Å². The first kappa shape index (κ1) is 15.4. The molecule has 0 aliphatic carbocycles. The molecule has 0 heterocycles. The molecule has 2 rings (SSSR count). The molecule has 0 bridgehead atoms. The molecule has 112 valence electrons. The lowest BCUT2D eigenvalue weighted by molar-refractivity contribution is 0.245. The summed E-state index contributed by atoms with van der Waals surface area (Å²) in [6, 6.07) is 16.0. The van der Waals surface area contributed by atoms with Gasteiger partial charge < -0.3 is 15.2 Å². The van der Waals surface area contributed by atoms with Gasteiger partial charge in [-0.05, 0) is 24.1 Å². The molecule has 3 heteroatoms. The number of para-hydroxylation sites is 2. The Hall–Kier alpha value is -2.00. The van der Waals surface area contributed by atoms with Gasteiger partial charge in [-0.3, -0.25) is 0 Å². The highest BCUT2D eigenvalue weighted by Crippen LogP contribution is 2.19. The summed E-state index contributed by atoms with van der Waals surface area (Å²) in [5, 5.41) is 0. The van der Waals surface area contributed by atoms with E-state index in [1.54, 1.807) is 0 Å². The van der Waals surface area contributed by atoms with E-state index in [0.29, 0.717) is 19.8 Å². The molecule has 2 aromatic carbocycles. The van der Waals surface area contributed by atoms with E-state index in [1.165, 1.54) is 5.56 Å². The van der Waals surface area contributed by atoms with E-state index in [9.17, 15) is 0 Å². The molecule has 3 nitrogen and oxygen atoms in total. The van der Waals surface area contributed by atoms with Crippen molar-refractivity contribution in [1.29, 1.82) is 0 Å². The van der Waals surface area contributed by atoms with Crippen molar-refractivity contribution in [3.8, 4) is 11.5 Å². The van der Waals surface area contributed by atoms with Crippen LogP contribution in [0.25, 0.3) is 0 Å². The van der Waals surface area contributed by atoms with Crippen LogP contribution in [0.15, 0.2) is 48.5 Å². The van der Waals surface area contributed by atoms with E-state index >= 15 is 0 Å². The van der Waals surface area contributed by atoms with Crippen LogP contribution in [0.3, 0.4) is 0 Å². The first-order valence-electron chi connectivity index (χ1n) is 7.46. The van der Waals surface area contributed by atoms with Crippen LogP contribution in [0.5, 0.6) is 11.5 Å². The van der Waals surface area contributed by atoms with Gasteiger partial charge in [0, 0.05) is 18.5 Å². The second kappa shape index (κ2) is 8.32. The summed E-state index contributed by atoms with van der Waals surface area (Å²) in [6.45, 7) is 3.92. The van der Waals surface area contributed by atoms with Gasteiger partial charge in [-0.25, -0.2) is 0 Å². The molecule has 0 saturated carbocycles. The molecule has 0 aromatic heterocycles. The summed E-state index contributed by atoms with van der Waals surface area (Å²) in [7, 11) is 0. The van der Waals surface area contributed by atoms with Crippen LogP contribution < -0.4 is 15.2 Å². The van der Waals surface area contributed by atoms with Crippen molar-refractivity contribution in [1.82, 2.24) is 0 Å². The summed E-state index contributed by atoms with van der Waals surface area (Å²) >= 11 is 0. The number of aryl methyl sites for hydroxylation is 1. The molecule has 0 radical (unpaired) electrons. The minimum Gasteiger partial charge on any atom is -0.493 e. The van der Waals surface area contributed by atoms with Crippen LogP contribution in [-0.2, 0) is 13.0 Å². The Morgan fingerprint density at radius 2 is 1.33 bits per heavy atom. The molecule has 0 aliphatic rings. The van der Waals surface area contributed by atoms with Crippen molar-refractivity contribution in [2.45, 2.75) is 26.3 Å². The molecule has 2 N–H and O–H groups in total. The topological polar surface area (TPSA) is 44.5 Å². The Labute approximate surface area is 126 Å². The maximum absolute atomic E-state index is 5.82. The van der Waals surface area contributed by atoms with Crippen LogP contribution in [0.2, 0.25) is 0 Å². The maximum atomic E-state index is 5.82. The van der Waals surface area contributed by atoms with Gasteiger partial charge in [-0.2, -0.15) is 0 Å². The first-order valence-corrected chi connectivity index (χ1v) is 7.46. The zero-order chi connectivity index (χ0) is 14.9. The SMILES string of the molecule is CCc1ccccc1OCCCOc1ccccc1CN. The summed E-state index contributed by atoms with van der Waals surface area (Å²) < 4.78 is 11.6. The van der Waals surface area contributed by atoms with E-state index < -0.39 is 0 Å². The van der Waals surface area contributed by atoms with Crippen molar-refractivity contribution in [2.75, 3.05) is 13.2 Å². The summed E-state index contributed by atoms with van der Waals surface area (Å²) in [5.74, 6) is 1.84. The number of hydrogen-bond donors (Lipinski definition) is 1. The number of benzene rings is 2. The van der Waals surface area contributed by atoms with Crippen molar-refractivity contribution >= 4 is 0 Å². The third-order valence-corrected chi connectivity index (χ3v) is 3.35. The molecule has 0 saturated heterocycles. The molecule has 21 heavy (non-hydrogen) atoms. The average Bonchev–Trinajstić information content (AvgIpc) is 2.55. The predicted molar refractivity (Wildman–Crippen MR) is 85.8 cm³/mol. The van der Waals surface area contributed by atoms with Crippen LogP contribution in [0.1, 0.15) is 24.5 Å². The number of rotatable bonds is 8. The van der Waals surface area contributed by atoms with Crippen molar-refractivity contribution in [3.63, 3.8) is 0 Å². The van der Waals surface area contributed by atoms with Gasteiger partial charge in [0.1, 0.15) is 11.5 Å². The Morgan fingerprint density at radius 3 is 1.90 bits per heavy atom. The van der Waals surface area contributed by atoms with Crippen LogP contribution >= 0.6 is 0 Å². The minimum atomic E-state index is 0.497. The van der Waals surface area contributed by atoms with Gasteiger partial charge in [0.05, 0.1) is 13.2 Å². The molecule has 0 amide bonds. The lowest BCUT2D eigenvalue weighted by Crippen LogP contribution is -2.08. The fourth-order valence-corrected chi connectivity index (χ4v) is 2.17. The Bertz CT molecular complexity index is 505. The molecule has 0 aliphatic heterocycles. The molecule has 0 unspecified atom stereocenters. The largest absolute Gasteiger partial charge is 0.493 e. The lowest BCUT2D eigenvalue weighted by atomic mass is 10.1. The number of nitrogens with two attached hydrogens (primary N) is 1. The van der Waals surface area contributed by atoms with Gasteiger partial charge in [-0.1, -0.05) is 43.3 Å². The normalized spacial score (nSPS) is 10.4. The fraction of sp³-hybridized carbons (Fsp3) is 0.333. The first-order chi connectivity index (χ1) is 10.3. The Balaban J connectivity index is 1.75. The van der Waals surface area contributed by atoms with E-state index in [0.717, 1.165) is 29.9 Å². The lowest BCUT2D eigenvalue weighted by Gasteiger charge is -2.12. The molecule has 0 fully saturated rings. The highest BCUT2D eigenvalue weighted by Gasteiger charge is 2.02. The highest BCUT2D eigenvalue weighted by molar-refractivity contribution is 5.33. The highest BCUT2D eigenvalue weighted by atomic mass is 16.5. The molecular weight excluding hydrogens is 262 g/mol. The Kier molecular flexibility index (Phi) is 6.10. The summed E-state index contributed by atoms with van der Waals surface area (Å²) in [5.41, 5.74) is 7.96. The predicted octanol–water partition coefficient (Wildman–Crippen LogP) is 3.56. The molecule has 2 aromatic rings. The quantitative estimate of drug-likeness (QED) is 0.754. The van der Waals surface area contributed by atoms with Gasteiger partial charge >= 0.3 is 0 Å². The third-order valence-electron chi connectivity index (χ3n) is 3.35. The van der Waals surface area contributed by atoms with Crippen molar-refractivity contribution < 1.29 is 9.47 Å². The van der Waals surface area contributed by atoms with E-state index in [-0.39, 0.29) is 0 Å². The molecular formula is C18H23NO2. The summed E-state index contributed by atoms with van der Waals surface area (Å²) in [6.07, 6.45) is 1.83. The second-order valence-electron chi connectivity index (χ2n) is 4.82. The minimum absolute atomic E-state index is 0.497. The van der Waals surface area contributed by atoms with Gasteiger partial charge in [0.2, 0.25) is 0 Å². The van der Waals surface area contributed by atoms with Crippen LogP contribution in [-0.4, -0.2) is 13.2 Å². The zero-order valence-electron chi connectivity index (χ0n) is 12.5. The smallest absolute Gasteiger partial charge is 0.123 e. The second-order valence-corrected chi connectivity index (χ2v) is 4.82. The zero-order valence-corrected chi connectivity index (χ0v) is 12.5. The summed E-state index contributed by atoms with van der Waals surface area (Å²) in [4.78, 5) is 0. The van der Waals surface area contributed by atoms with E-state index in [4.69, 9.17) is 15.2 Å². The van der Waals surface area contributed by atoms with Crippen LogP contribution in [0, 0.1) is 0 Å². The maximum Gasteiger partial charge on any atom is 0.123 e. The standard InChI is InChI=1S/C18H23NO2/c1-2-15-8-3-5-10-17(15)20-12-7-13-21-18-11-6-4-9-16(18)14-19/h3-6,8-11H,2,7,12-14,19H2,1H3. The van der Waals surface area contributed by atoms with Crippen molar-refractivity contribution in [2.24, 2.45) is 5.73 Å². The monoisotopic (exact) mass is 285 g/mol. The fourth-order valence-electron chi connectivity index (χ4n) is 2.17. The van der Waals surface area contributed by atoms with Gasteiger partial charge in [-0.15, -0.1) is 0 Å². The molecule has 0 atom stereocenters. The van der Waals surface area contributed by atoms with Crippen LogP contribution in [0.4, 0.5) is 0 Å². The number of hydrogen-bond acceptors (Lipinski definition) is 3. The molecule has 0 spiro atoms. The van der Waals surface area contributed by atoms with Crippen molar-refractivity contribution in [3.05, 3.63) is 59.7 Å². The van der Waals surface area contributed by atoms with E-state index in [1.807, 2.05) is 42.5 Å². The Morgan fingerprint density at radius 1 is 0.810 bits per heavy atom. The van der Waals surface area contributed by atoms with Gasteiger partial charge in [0.25, 0.3) is 0 Å². The third kappa shape index (κ3) is 4.50. The number of ether oxygens (including phenoxy) is 2. The van der Waals surface area contributed by atoms with Gasteiger partial charge in [0.15, 0.2) is 0 Å².